The van der Waals surface area contributed by atoms with E-state index in [9.17, 15) is 38.7 Å². The molecule has 1 aromatic rings. The van der Waals surface area contributed by atoms with Crippen LogP contribution in [0.2, 0.25) is 5.02 Å². The number of hydroxylamine groups is 2. The number of hydrogen-bond donors (Lipinski definition) is 2. The van der Waals surface area contributed by atoms with Crippen LogP contribution in [0.15, 0.2) is 35.9 Å². The molecular formula is C46H63ClN4O14S2. The van der Waals surface area contributed by atoms with Crippen molar-refractivity contribution in [3.8, 4) is 5.75 Å². The van der Waals surface area contributed by atoms with E-state index in [1.54, 1.807) is 52.3 Å². The lowest BCUT2D eigenvalue weighted by atomic mass is 9.72. The van der Waals surface area contributed by atoms with Gasteiger partial charge in [-0.05, 0) is 71.6 Å². The van der Waals surface area contributed by atoms with Gasteiger partial charge in [0.05, 0.1) is 25.8 Å². The number of rotatable bonds is 16. The minimum Gasteiger partial charge on any atom is -0.495 e. The van der Waals surface area contributed by atoms with Crippen LogP contribution >= 0.6 is 33.2 Å². The van der Waals surface area contributed by atoms with Crippen molar-refractivity contribution in [3.63, 3.8) is 0 Å². The summed E-state index contributed by atoms with van der Waals surface area (Å²) in [6, 6.07) is 2.49. The second-order valence-corrected chi connectivity index (χ2v) is 21.7. The number of nitrogens with one attached hydrogen (secondary N) is 1. The zero-order valence-corrected chi connectivity index (χ0v) is 42.0. The lowest BCUT2D eigenvalue weighted by molar-refractivity contribution is -0.326. The molecule has 7 atom stereocenters. The van der Waals surface area contributed by atoms with Gasteiger partial charge in [0, 0.05) is 76.7 Å². The first-order valence-electron chi connectivity index (χ1n) is 22.1. The molecule has 2 N–H and O–H groups in total. The van der Waals surface area contributed by atoms with E-state index < -0.39 is 75.7 Å². The van der Waals surface area contributed by atoms with Gasteiger partial charge in [-0.15, -0.1) is 5.06 Å². The lowest BCUT2D eigenvalue weighted by Gasteiger charge is -2.59. The molecule has 21 heteroatoms. The first-order chi connectivity index (χ1) is 31.4. The van der Waals surface area contributed by atoms with Gasteiger partial charge in [-0.1, -0.05) is 57.0 Å². The fourth-order valence-corrected chi connectivity index (χ4v) is 11.6. The number of alkyl carbamates (subject to hydrolysis) is 1. The Morgan fingerprint density at radius 1 is 1.09 bits per heavy atom. The van der Waals surface area contributed by atoms with Crippen molar-refractivity contribution in [2.75, 3.05) is 45.6 Å². The van der Waals surface area contributed by atoms with Gasteiger partial charge in [-0.2, -0.15) is 0 Å². The molecule has 370 valence electrons. The fourth-order valence-electron chi connectivity index (χ4n) is 8.49. The SMILES string of the molecule is COCC(C)(CCC(=O)N(C)[C@@H](C)C(=O)O[C@H]1CC(=O)N(C)c2cc(cc(OC)c2Cl)C/C(C)=C/C=C/C[C@@]2(O)CC(OC(=O)N2)C2(C)C[C@@]1(C)O2)SSCCCC(=O)ON1C(=O)CCC1=O. The highest BCUT2D eigenvalue weighted by Crippen LogP contribution is 2.50. The molecular weight excluding hydrogens is 932 g/mol. The summed E-state index contributed by atoms with van der Waals surface area (Å²) in [5, 5.41) is 14.8. The maximum Gasteiger partial charge on any atom is 0.409 e. The molecule has 1 aromatic carbocycles. The third-order valence-corrected chi connectivity index (χ3v) is 16.2. The quantitative estimate of drug-likeness (QED) is 0.0842. The molecule has 3 fully saturated rings. The molecule has 0 saturated carbocycles. The van der Waals surface area contributed by atoms with Gasteiger partial charge in [0.1, 0.15) is 45.9 Å². The molecule has 18 nitrogen and oxygen atoms in total. The van der Waals surface area contributed by atoms with Crippen LogP contribution in [0.4, 0.5) is 10.5 Å². The summed E-state index contributed by atoms with van der Waals surface area (Å²) >= 11 is 6.80. The molecule has 67 heavy (non-hydrogen) atoms. The predicted octanol–water partition coefficient (Wildman–Crippen LogP) is 5.99. The summed E-state index contributed by atoms with van der Waals surface area (Å²) in [7, 11) is 9.07. The number of halogens is 1. The number of amides is 5. The number of aliphatic hydroxyl groups is 1. The Morgan fingerprint density at radius 3 is 2.43 bits per heavy atom. The Balaban J connectivity index is 1.28. The summed E-state index contributed by atoms with van der Waals surface area (Å²) in [5.74, 6) is -2.45. The van der Waals surface area contributed by atoms with Crippen LogP contribution in [0.25, 0.3) is 0 Å². The summed E-state index contributed by atoms with van der Waals surface area (Å²) in [4.78, 5) is 98.2. The van der Waals surface area contributed by atoms with Crippen LogP contribution in [0, 0.1) is 0 Å². The number of likely N-dealkylation sites (N-methyl/N-ethyl adjacent to an activating group) is 1. The van der Waals surface area contributed by atoms with Crippen molar-refractivity contribution in [3.05, 3.63) is 46.5 Å². The van der Waals surface area contributed by atoms with Crippen LogP contribution in [0.1, 0.15) is 104 Å². The van der Waals surface area contributed by atoms with Crippen LogP contribution in [0.3, 0.4) is 0 Å². The average molecular weight is 996 g/mol. The third kappa shape index (κ3) is 13.5. The van der Waals surface area contributed by atoms with Gasteiger partial charge in [0.15, 0.2) is 0 Å². The third-order valence-electron chi connectivity index (χ3n) is 12.4. The van der Waals surface area contributed by atoms with Gasteiger partial charge in [-0.25, -0.2) is 14.4 Å². The number of carbonyl (C=O) groups excluding carboxylic acids is 7. The van der Waals surface area contributed by atoms with E-state index in [2.05, 4.69) is 5.32 Å². The number of benzene rings is 1. The van der Waals surface area contributed by atoms with Crippen molar-refractivity contribution in [1.29, 1.82) is 0 Å². The monoisotopic (exact) mass is 994 g/mol. The number of esters is 1. The van der Waals surface area contributed by atoms with Crippen molar-refractivity contribution in [2.24, 2.45) is 0 Å². The molecule has 0 radical (unpaired) electrons. The number of carbonyl (C=O) groups is 7. The molecule has 5 heterocycles. The molecule has 5 aliphatic heterocycles. The number of methoxy groups -OCH3 is 2. The second-order valence-electron chi connectivity index (χ2n) is 18.3. The van der Waals surface area contributed by atoms with Gasteiger partial charge in [0.2, 0.25) is 11.8 Å². The van der Waals surface area contributed by atoms with Gasteiger partial charge in [-0.3, -0.25) is 24.5 Å². The molecule has 0 aromatic heterocycles. The molecule has 5 aliphatic rings. The van der Waals surface area contributed by atoms with Crippen molar-refractivity contribution >= 4 is 80.5 Å². The lowest BCUT2D eigenvalue weighted by Crippen LogP contribution is -2.71. The van der Waals surface area contributed by atoms with Gasteiger partial charge in [0.25, 0.3) is 11.8 Å². The summed E-state index contributed by atoms with van der Waals surface area (Å²) in [6.07, 6.45) is 3.74. The average Bonchev–Trinajstić information content (AvgIpc) is 3.57. The zero-order chi connectivity index (χ0) is 49.5. The summed E-state index contributed by atoms with van der Waals surface area (Å²) in [6.45, 7) is 9.14. The number of fused-ring (bicyclic) bond motifs is 6. The summed E-state index contributed by atoms with van der Waals surface area (Å²) in [5.41, 5.74) is -1.95. The second kappa shape index (κ2) is 22.4. The first-order valence-corrected chi connectivity index (χ1v) is 24.8. The Bertz CT molecular complexity index is 2120. The Hall–Kier alpha value is -4.34. The number of hydrogen-bond acceptors (Lipinski definition) is 16. The van der Waals surface area contributed by atoms with Crippen molar-refractivity contribution in [1.82, 2.24) is 15.3 Å². The molecule has 3 unspecified atom stereocenters. The number of imide groups is 1. The van der Waals surface area contributed by atoms with E-state index >= 15 is 0 Å². The van der Waals surface area contributed by atoms with Gasteiger partial charge < -0.3 is 43.4 Å². The van der Waals surface area contributed by atoms with Crippen molar-refractivity contribution < 1.29 is 67.2 Å². The highest BCUT2D eigenvalue weighted by Gasteiger charge is 2.62. The Kier molecular flexibility index (Phi) is 17.9. The fraction of sp³-hybridized carbons (Fsp3) is 0.630. The normalized spacial score (nSPS) is 28.2. The highest BCUT2D eigenvalue weighted by atomic mass is 35.5. The summed E-state index contributed by atoms with van der Waals surface area (Å²) < 4.78 is 28.9. The number of ether oxygens (including phenoxy) is 5. The molecule has 0 aliphatic carbocycles. The predicted molar refractivity (Wildman–Crippen MR) is 251 cm³/mol. The number of allylic oxidation sites excluding steroid dienone is 3. The Morgan fingerprint density at radius 2 is 1.78 bits per heavy atom. The first kappa shape index (κ1) is 53.6. The van der Waals surface area contributed by atoms with E-state index in [-0.39, 0.29) is 62.3 Å². The molecule has 0 spiro atoms. The minimum absolute atomic E-state index is 0.00436. The topological polar surface area (TPSA) is 217 Å². The maximum absolute atomic E-state index is 14.3. The number of anilines is 1. The highest BCUT2D eigenvalue weighted by molar-refractivity contribution is 8.77. The largest absolute Gasteiger partial charge is 0.495 e. The van der Waals surface area contributed by atoms with Crippen LogP contribution in [0.5, 0.6) is 5.75 Å². The van der Waals surface area contributed by atoms with E-state index in [0.717, 1.165) is 11.1 Å². The van der Waals surface area contributed by atoms with Crippen molar-refractivity contribution in [2.45, 2.75) is 145 Å². The Labute approximate surface area is 404 Å². The molecule has 6 bridgehead atoms. The smallest absolute Gasteiger partial charge is 0.409 e. The van der Waals surface area contributed by atoms with E-state index in [1.165, 1.54) is 52.5 Å². The molecule has 6 rings (SSSR count). The molecule has 5 amide bonds. The molecule has 3 saturated heterocycles. The minimum atomic E-state index is -1.65. The van der Waals surface area contributed by atoms with E-state index in [1.807, 2.05) is 19.9 Å². The van der Waals surface area contributed by atoms with Crippen LogP contribution < -0.4 is 15.0 Å². The van der Waals surface area contributed by atoms with Crippen LogP contribution in [-0.2, 0) is 59.0 Å². The van der Waals surface area contributed by atoms with E-state index in [4.69, 9.17) is 40.1 Å². The zero-order valence-electron chi connectivity index (χ0n) is 39.6. The van der Waals surface area contributed by atoms with Crippen LogP contribution in [-0.4, -0.2) is 137 Å². The standard InChI is InChI=1S/C46H63ClN4O14S2/c1-28-13-10-11-18-46(59)25-34(63-42(58)48-46)45(5)26-44(4,65-45)33(24-38(55)50(7)31-22-30(21-28)23-32(61-9)40(31)47)62-41(57)29(2)49(6)35(52)17-19-43(3,27-60-8)67-66-20-12-14-39(56)64-51-36(53)15-16-37(51)54/h10-11,13,22-23,29,33-34,59H,12,14-21,24-27H2,1-9H3,(H,48,58)/b11-10+,28-13+/t29-,33-,34?,43?,44+,45?,46+/m0/s1. The maximum atomic E-state index is 14.3. The van der Waals surface area contributed by atoms with E-state index in [0.29, 0.717) is 48.1 Å². The van der Waals surface area contributed by atoms with Gasteiger partial charge >= 0.3 is 18.0 Å². The number of nitrogens with zero attached hydrogens (tertiary/aromatic N) is 3.